The van der Waals surface area contributed by atoms with Gasteiger partial charge in [-0.1, -0.05) is 17.3 Å². The van der Waals surface area contributed by atoms with Crippen molar-refractivity contribution in [2.75, 3.05) is 26.2 Å². The monoisotopic (exact) mass is 372 g/mol. The van der Waals surface area contributed by atoms with Crippen molar-refractivity contribution in [3.05, 3.63) is 41.5 Å². The van der Waals surface area contributed by atoms with Crippen LogP contribution in [0.5, 0.6) is 5.75 Å². The standard InChI is InChI=1S/C19H24N4O4/c1-4-26-17-8-6-5-7-15(17)19(25)22-10-9-16(18-20-13(2)21-27-18)23(12-11-22)14(3)24/h5-8,16H,4,9-12H2,1-3H3. The summed E-state index contributed by atoms with van der Waals surface area (Å²) in [6.45, 7) is 6.94. The summed E-state index contributed by atoms with van der Waals surface area (Å²) in [5, 5.41) is 3.83. The molecular weight excluding hydrogens is 348 g/mol. The summed E-state index contributed by atoms with van der Waals surface area (Å²) in [6.07, 6.45) is 0.532. The van der Waals surface area contributed by atoms with Crippen LogP contribution in [0.2, 0.25) is 0 Å². The van der Waals surface area contributed by atoms with Gasteiger partial charge in [-0.2, -0.15) is 4.98 Å². The lowest BCUT2D eigenvalue weighted by atomic mass is 10.1. The fraction of sp³-hybridized carbons (Fsp3) is 0.474. The van der Waals surface area contributed by atoms with E-state index in [1.807, 2.05) is 19.1 Å². The molecule has 8 heteroatoms. The van der Waals surface area contributed by atoms with Gasteiger partial charge in [-0.25, -0.2) is 0 Å². The minimum atomic E-state index is -0.330. The van der Waals surface area contributed by atoms with Gasteiger partial charge in [-0.3, -0.25) is 9.59 Å². The summed E-state index contributed by atoms with van der Waals surface area (Å²) in [5.41, 5.74) is 0.529. The highest BCUT2D eigenvalue weighted by molar-refractivity contribution is 5.97. The van der Waals surface area contributed by atoms with Crippen LogP contribution in [0, 0.1) is 6.92 Å². The number of para-hydroxylation sites is 1. The first-order valence-electron chi connectivity index (χ1n) is 9.09. The van der Waals surface area contributed by atoms with Gasteiger partial charge >= 0.3 is 0 Å². The first-order valence-corrected chi connectivity index (χ1v) is 9.09. The lowest BCUT2D eigenvalue weighted by Crippen LogP contribution is -2.37. The van der Waals surface area contributed by atoms with Crippen LogP contribution in [0.3, 0.4) is 0 Å². The van der Waals surface area contributed by atoms with E-state index in [-0.39, 0.29) is 17.9 Å². The number of hydrogen-bond acceptors (Lipinski definition) is 6. The number of ether oxygens (including phenoxy) is 1. The van der Waals surface area contributed by atoms with Gasteiger partial charge in [0.2, 0.25) is 11.8 Å². The number of nitrogens with zero attached hydrogens (tertiary/aromatic N) is 4. The van der Waals surface area contributed by atoms with Gasteiger partial charge in [0.1, 0.15) is 11.8 Å². The highest BCUT2D eigenvalue weighted by atomic mass is 16.5. The molecule has 1 saturated heterocycles. The van der Waals surface area contributed by atoms with Gasteiger partial charge in [-0.15, -0.1) is 0 Å². The van der Waals surface area contributed by atoms with Gasteiger partial charge in [0, 0.05) is 26.6 Å². The molecule has 2 amide bonds. The number of amides is 2. The maximum absolute atomic E-state index is 13.1. The molecule has 3 rings (SSSR count). The van der Waals surface area contributed by atoms with Crippen molar-refractivity contribution in [3.8, 4) is 5.75 Å². The Hall–Kier alpha value is -2.90. The zero-order valence-corrected chi connectivity index (χ0v) is 15.8. The Balaban J connectivity index is 1.82. The van der Waals surface area contributed by atoms with Crippen LogP contribution < -0.4 is 4.74 Å². The molecule has 1 aliphatic rings. The summed E-state index contributed by atoms with van der Waals surface area (Å²) in [6, 6.07) is 6.89. The second-order valence-corrected chi connectivity index (χ2v) is 6.42. The number of aromatic nitrogens is 2. The fourth-order valence-corrected chi connectivity index (χ4v) is 3.31. The smallest absolute Gasteiger partial charge is 0.257 e. The van der Waals surface area contributed by atoms with Gasteiger partial charge < -0.3 is 19.1 Å². The first-order chi connectivity index (χ1) is 13.0. The van der Waals surface area contributed by atoms with Crippen LogP contribution >= 0.6 is 0 Å². The number of carbonyl (C=O) groups is 2. The highest BCUT2D eigenvalue weighted by Gasteiger charge is 2.33. The van der Waals surface area contributed by atoms with E-state index in [0.717, 1.165) is 0 Å². The van der Waals surface area contributed by atoms with Crippen LogP contribution in [0.1, 0.15) is 48.4 Å². The number of carbonyl (C=O) groups excluding carboxylic acids is 2. The van der Waals surface area contributed by atoms with Crippen LogP contribution in [0.15, 0.2) is 28.8 Å². The third-order valence-electron chi connectivity index (χ3n) is 4.60. The van der Waals surface area contributed by atoms with Crippen LogP contribution in [0.4, 0.5) is 0 Å². The third-order valence-corrected chi connectivity index (χ3v) is 4.60. The maximum atomic E-state index is 13.1. The second-order valence-electron chi connectivity index (χ2n) is 6.42. The Morgan fingerprint density at radius 3 is 2.70 bits per heavy atom. The van der Waals surface area contributed by atoms with Gasteiger partial charge in [0.15, 0.2) is 5.82 Å². The molecule has 0 radical (unpaired) electrons. The molecule has 0 spiro atoms. The lowest BCUT2D eigenvalue weighted by Gasteiger charge is -2.25. The Labute approximate surface area is 158 Å². The van der Waals surface area contributed by atoms with E-state index in [0.29, 0.717) is 55.7 Å². The molecule has 2 heterocycles. The topological polar surface area (TPSA) is 88.8 Å². The largest absolute Gasteiger partial charge is 0.493 e. The molecule has 2 aromatic rings. The summed E-state index contributed by atoms with van der Waals surface area (Å²) in [4.78, 5) is 32.9. The first kappa shape index (κ1) is 18.9. The molecule has 1 unspecified atom stereocenters. The Morgan fingerprint density at radius 2 is 2.04 bits per heavy atom. The van der Waals surface area contributed by atoms with E-state index < -0.39 is 0 Å². The van der Waals surface area contributed by atoms with Gasteiger partial charge in [-0.05, 0) is 32.4 Å². The highest BCUT2D eigenvalue weighted by Crippen LogP contribution is 2.27. The predicted octanol–water partition coefficient (Wildman–Crippen LogP) is 2.21. The van der Waals surface area contributed by atoms with Crippen LogP contribution in [0.25, 0.3) is 0 Å². The van der Waals surface area contributed by atoms with E-state index >= 15 is 0 Å². The SMILES string of the molecule is CCOc1ccccc1C(=O)N1CCC(c2nc(C)no2)N(C(C)=O)CC1. The van der Waals surface area contributed by atoms with Crippen LogP contribution in [-0.2, 0) is 4.79 Å². The average Bonchev–Trinajstić information content (AvgIpc) is 2.95. The van der Waals surface area contributed by atoms with E-state index in [1.165, 1.54) is 6.92 Å². The Bertz CT molecular complexity index is 820. The molecule has 0 saturated carbocycles. The summed E-state index contributed by atoms with van der Waals surface area (Å²) >= 11 is 0. The third kappa shape index (κ3) is 4.10. The number of hydrogen-bond donors (Lipinski definition) is 0. The Morgan fingerprint density at radius 1 is 1.26 bits per heavy atom. The van der Waals surface area contributed by atoms with Crippen molar-refractivity contribution in [2.45, 2.75) is 33.2 Å². The molecule has 1 aromatic heterocycles. The normalized spacial score (nSPS) is 17.5. The Kier molecular flexibility index (Phi) is 5.73. The molecule has 0 N–H and O–H groups in total. The molecule has 1 atom stereocenters. The molecule has 1 fully saturated rings. The average molecular weight is 372 g/mol. The van der Waals surface area contributed by atoms with Crippen molar-refractivity contribution in [2.24, 2.45) is 0 Å². The van der Waals surface area contributed by atoms with Crippen molar-refractivity contribution in [3.63, 3.8) is 0 Å². The summed E-state index contributed by atoms with van der Waals surface area (Å²) in [7, 11) is 0. The summed E-state index contributed by atoms with van der Waals surface area (Å²) < 4.78 is 10.9. The van der Waals surface area contributed by atoms with Crippen molar-refractivity contribution in [1.82, 2.24) is 19.9 Å². The molecule has 0 aliphatic carbocycles. The maximum Gasteiger partial charge on any atom is 0.257 e. The second kappa shape index (κ2) is 8.20. The number of aryl methyl sites for hydroxylation is 1. The minimum absolute atomic E-state index is 0.0835. The van der Waals surface area contributed by atoms with E-state index in [2.05, 4.69) is 10.1 Å². The van der Waals surface area contributed by atoms with Gasteiger partial charge in [0.25, 0.3) is 5.91 Å². The van der Waals surface area contributed by atoms with Crippen molar-refractivity contribution < 1.29 is 18.8 Å². The van der Waals surface area contributed by atoms with E-state index in [1.54, 1.807) is 28.9 Å². The summed E-state index contributed by atoms with van der Waals surface area (Å²) in [5.74, 6) is 1.31. The fourth-order valence-electron chi connectivity index (χ4n) is 3.31. The molecule has 1 aromatic carbocycles. The zero-order valence-electron chi connectivity index (χ0n) is 15.8. The molecule has 0 bridgehead atoms. The molecule has 144 valence electrons. The molecule has 1 aliphatic heterocycles. The van der Waals surface area contributed by atoms with E-state index in [4.69, 9.17) is 9.26 Å². The lowest BCUT2D eigenvalue weighted by molar-refractivity contribution is -0.131. The van der Waals surface area contributed by atoms with Gasteiger partial charge in [0.05, 0.1) is 12.2 Å². The molecule has 27 heavy (non-hydrogen) atoms. The van der Waals surface area contributed by atoms with E-state index in [9.17, 15) is 9.59 Å². The van der Waals surface area contributed by atoms with Crippen molar-refractivity contribution in [1.29, 1.82) is 0 Å². The quantitative estimate of drug-likeness (QED) is 0.818. The number of benzene rings is 1. The number of rotatable bonds is 4. The van der Waals surface area contributed by atoms with Crippen molar-refractivity contribution >= 4 is 11.8 Å². The van der Waals surface area contributed by atoms with Crippen LogP contribution in [-0.4, -0.2) is 58.0 Å². The zero-order chi connectivity index (χ0) is 19.4. The molecular formula is C19H24N4O4. The minimum Gasteiger partial charge on any atom is -0.493 e. The predicted molar refractivity (Wildman–Crippen MR) is 97.3 cm³/mol. The molecule has 8 nitrogen and oxygen atoms in total.